The van der Waals surface area contributed by atoms with Gasteiger partial charge in [0.15, 0.2) is 5.78 Å². The molecule has 2 aromatic rings. The van der Waals surface area contributed by atoms with E-state index in [-0.39, 0.29) is 12.4 Å². The van der Waals surface area contributed by atoms with E-state index in [0.29, 0.717) is 17.9 Å². The predicted octanol–water partition coefficient (Wildman–Crippen LogP) is 3.07. The minimum absolute atomic E-state index is 0.0339. The van der Waals surface area contributed by atoms with Crippen molar-refractivity contribution in [3.05, 3.63) is 59.2 Å². The van der Waals surface area contributed by atoms with Crippen LogP contribution in [0, 0.1) is 13.8 Å². The first-order chi connectivity index (χ1) is 13.4. The molecule has 1 saturated heterocycles. The Morgan fingerprint density at radius 1 is 1.07 bits per heavy atom. The second-order valence-corrected chi connectivity index (χ2v) is 7.55. The normalized spacial score (nSPS) is 16.1. The smallest absolute Gasteiger partial charge is 0.159 e. The average molecular weight is 383 g/mol. The molecule has 28 heavy (non-hydrogen) atoms. The van der Waals surface area contributed by atoms with Gasteiger partial charge in [-0.3, -0.25) is 9.69 Å². The summed E-state index contributed by atoms with van der Waals surface area (Å²) in [5.41, 5.74) is 4.65. The van der Waals surface area contributed by atoms with E-state index in [1.807, 2.05) is 0 Å². The Bertz CT molecular complexity index is 796. The monoisotopic (exact) mass is 382 g/mol. The highest BCUT2D eigenvalue weighted by Crippen LogP contribution is 2.24. The number of ether oxygens (including phenoxy) is 1. The molecule has 5 heteroatoms. The Balaban J connectivity index is 1.44. The molecule has 2 aromatic carbocycles. The molecule has 3 rings (SSSR count). The minimum Gasteiger partial charge on any atom is -0.491 e. The lowest BCUT2D eigenvalue weighted by atomic mass is 10.1. The summed E-state index contributed by atoms with van der Waals surface area (Å²) in [5, 5.41) is 10.3. The topological polar surface area (TPSA) is 53.0 Å². The van der Waals surface area contributed by atoms with Gasteiger partial charge in [-0.25, -0.2) is 0 Å². The molecule has 1 N–H and O–H groups in total. The fourth-order valence-electron chi connectivity index (χ4n) is 3.58. The number of ketones is 1. The van der Waals surface area contributed by atoms with Gasteiger partial charge in [-0.1, -0.05) is 12.1 Å². The second-order valence-electron chi connectivity index (χ2n) is 7.55. The van der Waals surface area contributed by atoms with Crippen molar-refractivity contribution in [2.24, 2.45) is 0 Å². The van der Waals surface area contributed by atoms with Gasteiger partial charge in [0, 0.05) is 44.0 Å². The highest BCUT2D eigenvalue weighted by Gasteiger charge is 2.21. The number of nitrogens with zero attached hydrogens (tertiary/aromatic N) is 2. The first kappa shape index (κ1) is 20.4. The van der Waals surface area contributed by atoms with Crippen LogP contribution >= 0.6 is 0 Å². The van der Waals surface area contributed by atoms with Crippen LogP contribution in [0.25, 0.3) is 0 Å². The third-order valence-corrected chi connectivity index (χ3v) is 5.46. The van der Waals surface area contributed by atoms with Crippen LogP contribution in [0.4, 0.5) is 5.69 Å². The lowest BCUT2D eigenvalue weighted by Crippen LogP contribution is -2.49. The van der Waals surface area contributed by atoms with E-state index in [1.165, 1.54) is 16.8 Å². The number of carbonyl (C=O) groups excluding carboxylic acids is 1. The molecule has 0 spiro atoms. The zero-order valence-corrected chi connectivity index (χ0v) is 17.0. The van der Waals surface area contributed by atoms with Crippen molar-refractivity contribution >= 4 is 11.5 Å². The lowest BCUT2D eigenvalue weighted by Gasteiger charge is -2.37. The SMILES string of the molecule is CC(=O)c1ccc(OC[C@H](O)CN2CCN(c3cccc(C)c3C)CC2)cc1. The van der Waals surface area contributed by atoms with E-state index < -0.39 is 6.10 Å². The number of Topliss-reactive ketones (excluding diaryl/α,β-unsaturated/α-hetero) is 1. The first-order valence-corrected chi connectivity index (χ1v) is 9.89. The Morgan fingerprint density at radius 3 is 2.39 bits per heavy atom. The summed E-state index contributed by atoms with van der Waals surface area (Å²) in [6, 6.07) is 13.5. The molecule has 1 atom stereocenters. The number of carbonyl (C=O) groups is 1. The molecule has 0 aromatic heterocycles. The van der Waals surface area contributed by atoms with Crippen molar-refractivity contribution < 1.29 is 14.6 Å². The molecule has 1 aliphatic heterocycles. The molecule has 150 valence electrons. The fraction of sp³-hybridized carbons (Fsp3) is 0.435. The number of aliphatic hydroxyl groups excluding tert-OH is 1. The lowest BCUT2D eigenvalue weighted by molar-refractivity contribution is 0.0663. The molecule has 0 bridgehead atoms. The Hall–Kier alpha value is -2.37. The number of piperazine rings is 1. The number of aryl methyl sites for hydroxylation is 1. The number of benzene rings is 2. The maximum atomic E-state index is 11.3. The molecule has 0 aliphatic carbocycles. The largest absolute Gasteiger partial charge is 0.491 e. The van der Waals surface area contributed by atoms with Crippen molar-refractivity contribution in [3.8, 4) is 5.75 Å². The molecule has 1 fully saturated rings. The van der Waals surface area contributed by atoms with Gasteiger partial charge in [-0.2, -0.15) is 0 Å². The van der Waals surface area contributed by atoms with Crippen LogP contribution < -0.4 is 9.64 Å². The van der Waals surface area contributed by atoms with Crippen LogP contribution in [0.15, 0.2) is 42.5 Å². The van der Waals surface area contributed by atoms with Crippen LogP contribution in [0.1, 0.15) is 28.4 Å². The molecular weight excluding hydrogens is 352 g/mol. The highest BCUT2D eigenvalue weighted by atomic mass is 16.5. The maximum Gasteiger partial charge on any atom is 0.159 e. The Morgan fingerprint density at radius 2 is 1.75 bits per heavy atom. The van der Waals surface area contributed by atoms with Crippen molar-refractivity contribution in [1.29, 1.82) is 0 Å². The van der Waals surface area contributed by atoms with Crippen LogP contribution in [-0.4, -0.2) is 61.2 Å². The van der Waals surface area contributed by atoms with Crippen LogP contribution in [0.2, 0.25) is 0 Å². The van der Waals surface area contributed by atoms with E-state index in [9.17, 15) is 9.90 Å². The Kier molecular flexibility index (Phi) is 6.70. The number of anilines is 1. The number of rotatable bonds is 7. The van der Waals surface area contributed by atoms with Gasteiger partial charge in [0.1, 0.15) is 18.5 Å². The second kappa shape index (κ2) is 9.22. The van der Waals surface area contributed by atoms with Gasteiger partial charge in [0.05, 0.1) is 0 Å². The van der Waals surface area contributed by atoms with Gasteiger partial charge in [-0.05, 0) is 62.2 Å². The zero-order valence-electron chi connectivity index (χ0n) is 17.0. The average Bonchev–Trinajstić information content (AvgIpc) is 2.69. The fourth-order valence-corrected chi connectivity index (χ4v) is 3.58. The van der Waals surface area contributed by atoms with E-state index >= 15 is 0 Å². The molecule has 0 amide bonds. The van der Waals surface area contributed by atoms with E-state index in [1.54, 1.807) is 31.2 Å². The molecule has 0 saturated carbocycles. The highest BCUT2D eigenvalue weighted by molar-refractivity contribution is 5.94. The Labute approximate surface area is 167 Å². The van der Waals surface area contributed by atoms with Gasteiger partial charge < -0.3 is 14.7 Å². The quantitative estimate of drug-likeness (QED) is 0.746. The van der Waals surface area contributed by atoms with Gasteiger partial charge in [0.25, 0.3) is 0 Å². The third kappa shape index (κ3) is 5.12. The maximum absolute atomic E-state index is 11.3. The zero-order chi connectivity index (χ0) is 20.1. The first-order valence-electron chi connectivity index (χ1n) is 9.89. The molecule has 5 nitrogen and oxygen atoms in total. The summed E-state index contributed by atoms with van der Waals surface area (Å²) in [6.45, 7) is 10.5. The number of hydrogen-bond acceptors (Lipinski definition) is 5. The molecule has 0 unspecified atom stereocenters. The van der Waals surface area contributed by atoms with Crippen LogP contribution in [0.3, 0.4) is 0 Å². The summed E-state index contributed by atoms with van der Waals surface area (Å²) in [4.78, 5) is 16.0. The van der Waals surface area contributed by atoms with Gasteiger partial charge >= 0.3 is 0 Å². The standard InChI is InChI=1S/C23H30N2O3/c1-17-5-4-6-23(18(17)2)25-13-11-24(12-14-25)15-21(27)16-28-22-9-7-20(8-10-22)19(3)26/h4-10,21,27H,11-16H2,1-3H3/t21-/m1/s1. The van der Waals surface area contributed by atoms with Crippen molar-refractivity contribution in [3.63, 3.8) is 0 Å². The van der Waals surface area contributed by atoms with Crippen molar-refractivity contribution in [2.75, 3.05) is 44.2 Å². The number of β-amino-alcohol motifs (C(OH)–C–C–N with tert-alkyl or cyclic N) is 1. The van der Waals surface area contributed by atoms with Gasteiger partial charge in [-0.15, -0.1) is 0 Å². The van der Waals surface area contributed by atoms with Crippen molar-refractivity contribution in [2.45, 2.75) is 26.9 Å². The molecule has 1 heterocycles. The summed E-state index contributed by atoms with van der Waals surface area (Å²) >= 11 is 0. The van der Waals surface area contributed by atoms with E-state index in [4.69, 9.17) is 4.74 Å². The van der Waals surface area contributed by atoms with E-state index in [2.05, 4.69) is 41.8 Å². The number of aliphatic hydroxyl groups is 1. The molecular formula is C23H30N2O3. The summed E-state index contributed by atoms with van der Waals surface area (Å²) in [6.07, 6.45) is -0.542. The predicted molar refractivity (Wildman–Crippen MR) is 113 cm³/mol. The van der Waals surface area contributed by atoms with E-state index in [0.717, 1.165) is 26.2 Å². The molecule has 1 aliphatic rings. The minimum atomic E-state index is -0.542. The van der Waals surface area contributed by atoms with Crippen LogP contribution in [-0.2, 0) is 0 Å². The van der Waals surface area contributed by atoms with Crippen LogP contribution in [0.5, 0.6) is 5.75 Å². The molecule has 0 radical (unpaired) electrons. The van der Waals surface area contributed by atoms with Gasteiger partial charge in [0.2, 0.25) is 0 Å². The number of hydrogen-bond donors (Lipinski definition) is 1. The summed E-state index contributed by atoms with van der Waals surface area (Å²) in [5.74, 6) is 0.704. The third-order valence-electron chi connectivity index (χ3n) is 5.46. The summed E-state index contributed by atoms with van der Waals surface area (Å²) in [7, 11) is 0. The summed E-state index contributed by atoms with van der Waals surface area (Å²) < 4.78 is 5.67. The van der Waals surface area contributed by atoms with Crippen molar-refractivity contribution in [1.82, 2.24) is 4.90 Å².